The van der Waals surface area contributed by atoms with Crippen molar-refractivity contribution in [2.75, 3.05) is 6.61 Å². The second-order valence-electron chi connectivity index (χ2n) is 3.38. The number of hydrogen-bond acceptors (Lipinski definition) is 1. The van der Waals surface area contributed by atoms with Crippen LogP contribution in [0.5, 0.6) is 5.75 Å². The SMILES string of the molecule is F[C@H](C(F)(F)F)C(F)(F)COc1ccccc1Br. The molecular weight excluding hydrogens is 330 g/mol. The molecule has 0 aliphatic rings. The van der Waals surface area contributed by atoms with Crippen LogP contribution in [0.3, 0.4) is 0 Å². The predicted octanol–water partition coefficient (Wildman–Crippen LogP) is 4.36. The van der Waals surface area contributed by atoms with Crippen LogP contribution in [0.4, 0.5) is 26.3 Å². The molecule has 0 amide bonds. The maximum atomic E-state index is 12.9. The first-order valence-corrected chi connectivity index (χ1v) is 5.40. The van der Waals surface area contributed by atoms with Crippen LogP contribution in [0.15, 0.2) is 28.7 Å². The van der Waals surface area contributed by atoms with Crippen molar-refractivity contribution in [1.82, 2.24) is 0 Å². The highest BCUT2D eigenvalue weighted by atomic mass is 79.9. The van der Waals surface area contributed by atoms with Gasteiger partial charge in [-0.1, -0.05) is 12.1 Å². The molecule has 0 N–H and O–H groups in total. The molecule has 0 bridgehead atoms. The molecule has 1 aromatic rings. The number of alkyl halides is 6. The maximum absolute atomic E-state index is 12.9. The molecule has 1 aromatic carbocycles. The molecule has 0 radical (unpaired) electrons. The van der Waals surface area contributed by atoms with E-state index in [0.717, 1.165) is 0 Å². The standard InChI is InChI=1S/C10H7BrF6O/c11-6-3-1-2-4-7(6)18-5-9(13,14)8(12)10(15,16)17/h1-4,8H,5H2/t8-/m0/s1. The molecule has 102 valence electrons. The molecule has 0 aliphatic carbocycles. The molecule has 8 heteroatoms. The van der Waals surface area contributed by atoms with E-state index >= 15 is 0 Å². The van der Waals surface area contributed by atoms with Crippen molar-refractivity contribution < 1.29 is 31.1 Å². The highest BCUT2D eigenvalue weighted by molar-refractivity contribution is 9.10. The summed E-state index contributed by atoms with van der Waals surface area (Å²) >= 11 is 2.95. The van der Waals surface area contributed by atoms with Gasteiger partial charge in [-0.05, 0) is 28.1 Å². The molecule has 0 saturated heterocycles. The largest absolute Gasteiger partial charge is 0.486 e. The molecule has 0 aromatic heterocycles. The number of rotatable bonds is 4. The van der Waals surface area contributed by atoms with E-state index in [9.17, 15) is 26.3 Å². The molecule has 0 aliphatic heterocycles. The molecule has 18 heavy (non-hydrogen) atoms. The van der Waals surface area contributed by atoms with Gasteiger partial charge in [-0.2, -0.15) is 22.0 Å². The maximum Gasteiger partial charge on any atom is 0.425 e. The normalized spacial score (nSPS) is 14.4. The smallest absolute Gasteiger partial charge is 0.425 e. The highest BCUT2D eigenvalue weighted by Gasteiger charge is 2.57. The molecule has 0 fully saturated rings. The average Bonchev–Trinajstić information content (AvgIpc) is 2.26. The average molecular weight is 337 g/mol. The molecule has 0 saturated carbocycles. The lowest BCUT2D eigenvalue weighted by molar-refractivity contribution is -0.250. The second kappa shape index (κ2) is 5.38. The van der Waals surface area contributed by atoms with Crippen molar-refractivity contribution in [2.45, 2.75) is 18.3 Å². The van der Waals surface area contributed by atoms with Gasteiger partial charge in [-0.3, -0.25) is 0 Å². The van der Waals surface area contributed by atoms with Crippen LogP contribution < -0.4 is 4.74 Å². The minimum Gasteiger partial charge on any atom is -0.486 e. The van der Waals surface area contributed by atoms with Gasteiger partial charge in [0.2, 0.25) is 0 Å². The lowest BCUT2D eigenvalue weighted by Crippen LogP contribution is -2.45. The Morgan fingerprint density at radius 1 is 1.11 bits per heavy atom. The summed E-state index contributed by atoms with van der Waals surface area (Å²) < 4.78 is 78.6. The topological polar surface area (TPSA) is 9.23 Å². The Morgan fingerprint density at radius 3 is 2.17 bits per heavy atom. The summed E-state index contributed by atoms with van der Waals surface area (Å²) in [5, 5.41) is 0. The van der Waals surface area contributed by atoms with Gasteiger partial charge in [0.1, 0.15) is 5.75 Å². The molecule has 1 nitrogen and oxygen atoms in total. The third-order valence-corrected chi connectivity index (χ3v) is 2.57. The Morgan fingerprint density at radius 2 is 1.67 bits per heavy atom. The van der Waals surface area contributed by atoms with E-state index < -0.39 is 24.9 Å². The Kier molecular flexibility index (Phi) is 4.52. The number of halogens is 7. The second-order valence-corrected chi connectivity index (χ2v) is 4.24. The zero-order valence-corrected chi connectivity index (χ0v) is 10.2. The Hall–Kier alpha value is -0.920. The fourth-order valence-corrected chi connectivity index (χ4v) is 1.45. The first kappa shape index (κ1) is 15.1. The summed E-state index contributed by atoms with van der Waals surface area (Å²) in [5.74, 6) is -4.74. The highest BCUT2D eigenvalue weighted by Crippen LogP contribution is 2.35. The van der Waals surface area contributed by atoms with Gasteiger partial charge < -0.3 is 4.74 Å². The summed E-state index contributed by atoms with van der Waals surface area (Å²) in [6, 6.07) is 5.71. The van der Waals surface area contributed by atoms with Gasteiger partial charge >= 0.3 is 12.1 Å². The molecule has 1 rings (SSSR count). The quantitative estimate of drug-likeness (QED) is 0.742. The van der Waals surface area contributed by atoms with Crippen molar-refractivity contribution >= 4 is 15.9 Å². The van der Waals surface area contributed by atoms with Gasteiger partial charge in [0.15, 0.2) is 6.61 Å². The molecule has 0 heterocycles. The minimum absolute atomic E-state index is 0.0912. The number of ether oxygens (including phenoxy) is 1. The fourth-order valence-electron chi connectivity index (χ4n) is 1.05. The van der Waals surface area contributed by atoms with Crippen LogP contribution >= 0.6 is 15.9 Å². The van der Waals surface area contributed by atoms with Crippen molar-refractivity contribution in [3.63, 3.8) is 0 Å². The van der Waals surface area contributed by atoms with Gasteiger partial charge in [0.05, 0.1) is 4.47 Å². The van der Waals surface area contributed by atoms with Gasteiger partial charge in [-0.15, -0.1) is 0 Å². The Bertz CT molecular complexity index is 406. The summed E-state index contributed by atoms with van der Waals surface area (Å²) in [7, 11) is 0. The summed E-state index contributed by atoms with van der Waals surface area (Å²) in [4.78, 5) is 0. The van der Waals surface area contributed by atoms with Crippen LogP contribution in [0, 0.1) is 0 Å². The summed E-state index contributed by atoms with van der Waals surface area (Å²) in [5.41, 5.74) is 0. The van der Waals surface area contributed by atoms with Crippen LogP contribution in [0.25, 0.3) is 0 Å². The van der Waals surface area contributed by atoms with Gasteiger partial charge in [0.25, 0.3) is 6.17 Å². The van der Waals surface area contributed by atoms with E-state index in [1.165, 1.54) is 18.2 Å². The predicted molar refractivity (Wildman–Crippen MR) is 55.5 cm³/mol. The van der Waals surface area contributed by atoms with Crippen LogP contribution in [0.1, 0.15) is 0 Å². The van der Waals surface area contributed by atoms with E-state index in [1.54, 1.807) is 6.07 Å². The Balaban J connectivity index is 2.71. The first-order valence-electron chi connectivity index (χ1n) is 4.60. The lowest BCUT2D eigenvalue weighted by Gasteiger charge is -2.22. The monoisotopic (exact) mass is 336 g/mol. The first-order chi connectivity index (χ1) is 8.14. The zero-order chi connectivity index (χ0) is 14.0. The third kappa shape index (κ3) is 3.79. The van der Waals surface area contributed by atoms with Crippen molar-refractivity contribution in [1.29, 1.82) is 0 Å². The van der Waals surface area contributed by atoms with Crippen LogP contribution in [-0.2, 0) is 0 Å². The number of hydrogen-bond donors (Lipinski definition) is 0. The lowest BCUT2D eigenvalue weighted by atomic mass is 10.2. The summed E-state index contributed by atoms with van der Waals surface area (Å²) in [6.45, 7) is -1.70. The fraction of sp³-hybridized carbons (Fsp3) is 0.400. The van der Waals surface area contributed by atoms with Crippen molar-refractivity contribution in [3.8, 4) is 5.75 Å². The Labute approximate surface area is 107 Å². The van der Waals surface area contributed by atoms with Gasteiger partial charge in [0, 0.05) is 0 Å². The molecule has 0 spiro atoms. The molecular formula is C10H7BrF6O. The number of para-hydroxylation sites is 1. The van der Waals surface area contributed by atoms with E-state index in [4.69, 9.17) is 0 Å². The summed E-state index contributed by atoms with van der Waals surface area (Å²) in [6.07, 6.45) is -9.88. The van der Waals surface area contributed by atoms with E-state index in [1.807, 2.05) is 0 Å². The molecule has 0 unspecified atom stereocenters. The zero-order valence-electron chi connectivity index (χ0n) is 8.65. The molecule has 1 atom stereocenters. The number of benzene rings is 1. The van der Waals surface area contributed by atoms with Crippen LogP contribution in [-0.4, -0.2) is 24.9 Å². The van der Waals surface area contributed by atoms with Crippen LogP contribution in [0.2, 0.25) is 0 Å². The minimum atomic E-state index is -5.62. The van der Waals surface area contributed by atoms with E-state index in [2.05, 4.69) is 20.7 Å². The van der Waals surface area contributed by atoms with Crippen molar-refractivity contribution in [2.24, 2.45) is 0 Å². The van der Waals surface area contributed by atoms with E-state index in [0.29, 0.717) is 0 Å². The third-order valence-electron chi connectivity index (χ3n) is 1.91. The van der Waals surface area contributed by atoms with Crippen molar-refractivity contribution in [3.05, 3.63) is 28.7 Å². The van der Waals surface area contributed by atoms with Gasteiger partial charge in [-0.25, -0.2) is 4.39 Å². The van der Waals surface area contributed by atoms with E-state index in [-0.39, 0.29) is 10.2 Å².